The smallest absolute Gasteiger partial charge is 0.269 e. The molecule has 1 aliphatic carbocycles. The first-order valence-corrected chi connectivity index (χ1v) is 6.29. The number of pyridine rings is 2. The van der Waals surface area contributed by atoms with E-state index in [4.69, 9.17) is 0 Å². The number of aromatic nitrogens is 2. The van der Waals surface area contributed by atoms with Crippen LogP contribution in [0, 0.1) is 18.3 Å². The molecule has 94 valence electrons. The molecule has 2 heterocycles. The largest absolute Gasteiger partial charge is 0.311 e. The predicted octanol–water partition coefficient (Wildman–Crippen LogP) is 2.43. The third-order valence-corrected chi connectivity index (χ3v) is 3.40. The summed E-state index contributed by atoms with van der Waals surface area (Å²) in [6.45, 7) is 1.92. The highest BCUT2D eigenvalue weighted by molar-refractivity contribution is 5.70. The highest BCUT2D eigenvalue weighted by Crippen LogP contribution is 2.35. The van der Waals surface area contributed by atoms with Crippen LogP contribution >= 0.6 is 0 Å². The van der Waals surface area contributed by atoms with Crippen molar-refractivity contribution in [2.45, 2.75) is 25.8 Å². The molecule has 0 N–H and O–H groups in total. The average molecular weight is 251 g/mol. The SMILES string of the molecule is Cc1cn(C2CC2)c(=O)c(C#N)c1-c1ccccn1. The van der Waals surface area contributed by atoms with Crippen molar-refractivity contribution in [3.63, 3.8) is 0 Å². The van der Waals surface area contributed by atoms with Gasteiger partial charge in [-0.05, 0) is 37.5 Å². The van der Waals surface area contributed by atoms with Gasteiger partial charge in [0.2, 0.25) is 0 Å². The van der Waals surface area contributed by atoms with Crippen molar-refractivity contribution in [2.24, 2.45) is 0 Å². The summed E-state index contributed by atoms with van der Waals surface area (Å²) in [4.78, 5) is 16.6. The first-order valence-electron chi connectivity index (χ1n) is 6.29. The van der Waals surface area contributed by atoms with E-state index in [2.05, 4.69) is 11.1 Å². The molecule has 3 rings (SSSR count). The van der Waals surface area contributed by atoms with Crippen LogP contribution in [0.3, 0.4) is 0 Å². The van der Waals surface area contributed by atoms with Crippen molar-refractivity contribution in [2.75, 3.05) is 0 Å². The van der Waals surface area contributed by atoms with Crippen molar-refractivity contribution in [3.8, 4) is 17.3 Å². The zero-order chi connectivity index (χ0) is 13.4. The highest BCUT2D eigenvalue weighted by Gasteiger charge is 2.27. The van der Waals surface area contributed by atoms with Crippen LogP contribution in [0.5, 0.6) is 0 Å². The molecule has 0 bridgehead atoms. The molecule has 0 aromatic carbocycles. The summed E-state index contributed by atoms with van der Waals surface area (Å²) in [6.07, 6.45) is 5.56. The van der Waals surface area contributed by atoms with Gasteiger partial charge < -0.3 is 4.57 Å². The van der Waals surface area contributed by atoms with Crippen molar-refractivity contribution < 1.29 is 0 Å². The van der Waals surface area contributed by atoms with Gasteiger partial charge in [-0.2, -0.15) is 5.26 Å². The van der Waals surface area contributed by atoms with Crippen molar-refractivity contribution in [3.05, 3.63) is 52.1 Å². The van der Waals surface area contributed by atoms with Crippen LogP contribution in [0.2, 0.25) is 0 Å². The Labute approximate surface area is 111 Å². The third-order valence-electron chi connectivity index (χ3n) is 3.40. The van der Waals surface area contributed by atoms with E-state index < -0.39 is 0 Å². The molecule has 0 unspecified atom stereocenters. The molecule has 0 saturated heterocycles. The first kappa shape index (κ1) is 11.7. The van der Waals surface area contributed by atoms with E-state index in [1.54, 1.807) is 10.8 Å². The van der Waals surface area contributed by atoms with Crippen LogP contribution in [-0.4, -0.2) is 9.55 Å². The monoisotopic (exact) mass is 251 g/mol. The Kier molecular flexibility index (Phi) is 2.68. The summed E-state index contributed by atoms with van der Waals surface area (Å²) in [6, 6.07) is 7.82. The van der Waals surface area contributed by atoms with E-state index in [0.29, 0.717) is 11.3 Å². The van der Waals surface area contributed by atoms with Crippen LogP contribution < -0.4 is 5.56 Å². The van der Waals surface area contributed by atoms with Crippen LogP contribution in [-0.2, 0) is 0 Å². The second-order valence-corrected chi connectivity index (χ2v) is 4.83. The molecule has 2 aromatic heterocycles. The standard InChI is InChI=1S/C15H13N3O/c1-10-9-18(11-5-6-11)15(19)12(8-16)14(10)13-4-2-3-7-17-13/h2-4,7,9,11H,5-6H2,1H3. The second-order valence-electron chi connectivity index (χ2n) is 4.83. The number of nitrogens with zero attached hydrogens (tertiary/aromatic N) is 3. The normalized spacial score (nSPS) is 14.1. The Morgan fingerprint density at radius 1 is 1.42 bits per heavy atom. The maximum absolute atomic E-state index is 12.3. The van der Waals surface area contributed by atoms with E-state index in [1.807, 2.05) is 31.3 Å². The van der Waals surface area contributed by atoms with Crippen LogP contribution in [0.1, 0.15) is 30.0 Å². The zero-order valence-electron chi connectivity index (χ0n) is 10.6. The predicted molar refractivity (Wildman–Crippen MR) is 71.7 cm³/mol. The summed E-state index contributed by atoms with van der Waals surface area (Å²) < 4.78 is 1.69. The molecule has 4 heteroatoms. The van der Waals surface area contributed by atoms with Gasteiger partial charge in [0.1, 0.15) is 11.6 Å². The second kappa shape index (κ2) is 4.36. The van der Waals surface area contributed by atoms with Gasteiger partial charge in [-0.15, -0.1) is 0 Å². The molecule has 0 atom stereocenters. The fraction of sp³-hybridized carbons (Fsp3) is 0.267. The lowest BCUT2D eigenvalue weighted by Gasteiger charge is -2.11. The third kappa shape index (κ3) is 1.93. The topological polar surface area (TPSA) is 58.7 Å². The van der Waals surface area contributed by atoms with Crippen LogP contribution in [0.4, 0.5) is 0 Å². The fourth-order valence-corrected chi connectivity index (χ4v) is 2.33. The van der Waals surface area contributed by atoms with Crippen molar-refractivity contribution in [1.29, 1.82) is 5.26 Å². The summed E-state index contributed by atoms with van der Waals surface area (Å²) in [7, 11) is 0. The minimum atomic E-state index is -0.198. The summed E-state index contributed by atoms with van der Waals surface area (Å²) in [5.74, 6) is 0. The number of hydrogen-bond acceptors (Lipinski definition) is 3. The molecule has 1 aliphatic rings. The number of rotatable bonds is 2. The molecule has 1 fully saturated rings. The van der Waals surface area contributed by atoms with Gasteiger partial charge in [-0.25, -0.2) is 0 Å². The fourth-order valence-electron chi connectivity index (χ4n) is 2.33. The molecule has 0 amide bonds. The minimum absolute atomic E-state index is 0.198. The van der Waals surface area contributed by atoms with Crippen LogP contribution in [0.25, 0.3) is 11.3 Å². The molecule has 0 spiro atoms. The maximum Gasteiger partial charge on any atom is 0.269 e. The zero-order valence-corrected chi connectivity index (χ0v) is 10.6. The van der Waals surface area contributed by atoms with E-state index in [1.165, 1.54) is 0 Å². The number of aryl methyl sites for hydroxylation is 1. The maximum atomic E-state index is 12.3. The Morgan fingerprint density at radius 3 is 2.79 bits per heavy atom. The molecular formula is C15H13N3O. The van der Waals surface area contributed by atoms with Gasteiger partial charge in [0.25, 0.3) is 5.56 Å². The molecule has 2 aromatic rings. The number of nitriles is 1. The van der Waals surface area contributed by atoms with Gasteiger partial charge in [-0.1, -0.05) is 6.07 Å². The molecule has 1 saturated carbocycles. The Bertz CT molecular complexity index is 722. The van der Waals surface area contributed by atoms with Gasteiger partial charge in [0.15, 0.2) is 0 Å². The molecule has 0 radical (unpaired) electrons. The lowest BCUT2D eigenvalue weighted by atomic mass is 10.0. The summed E-state index contributed by atoms with van der Waals surface area (Å²) in [5, 5.41) is 9.32. The molecule has 0 aliphatic heterocycles. The van der Waals surface area contributed by atoms with E-state index in [-0.39, 0.29) is 17.2 Å². The Morgan fingerprint density at radius 2 is 2.21 bits per heavy atom. The lowest BCUT2D eigenvalue weighted by molar-refractivity contribution is 0.701. The lowest BCUT2D eigenvalue weighted by Crippen LogP contribution is -2.23. The van der Waals surface area contributed by atoms with E-state index >= 15 is 0 Å². The van der Waals surface area contributed by atoms with Crippen molar-refractivity contribution in [1.82, 2.24) is 9.55 Å². The van der Waals surface area contributed by atoms with E-state index in [0.717, 1.165) is 18.4 Å². The van der Waals surface area contributed by atoms with E-state index in [9.17, 15) is 10.1 Å². The first-order chi connectivity index (χ1) is 9.22. The quantitative estimate of drug-likeness (QED) is 0.823. The minimum Gasteiger partial charge on any atom is -0.311 e. The van der Waals surface area contributed by atoms with Gasteiger partial charge in [-0.3, -0.25) is 9.78 Å². The Hall–Kier alpha value is -2.41. The van der Waals surface area contributed by atoms with Gasteiger partial charge >= 0.3 is 0 Å². The highest BCUT2D eigenvalue weighted by atomic mass is 16.1. The summed E-state index contributed by atoms with van der Waals surface area (Å²) in [5.41, 5.74) is 2.25. The van der Waals surface area contributed by atoms with Crippen molar-refractivity contribution >= 4 is 0 Å². The average Bonchev–Trinajstić information content (AvgIpc) is 3.26. The van der Waals surface area contributed by atoms with Gasteiger partial charge in [0.05, 0.1) is 5.69 Å². The van der Waals surface area contributed by atoms with Gasteiger partial charge in [0, 0.05) is 24.0 Å². The van der Waals surface area contributed by atoms with Crippen LogP contribution in [0.15, 0.2) is 35.4 Å². The molecule has 19 heavy (non-hydrogen) atoms. The summed E-state index contributed by atoms with van der Waals surface area (Å²) >= 11 is 0. The number of hydrogen-bond donors (Lipinski definition) is 0. The molecule has 4 nitrogen and oxygen atoms in total. The Balaban J connectivity index is 2.29. The molecular weight excluding hydrogens is 238 g/mol.